The highest BCUT2D eigenvalue weighted by Crippen LogP contribution is 2.15. The van der Waals surface area contributed by atoms with Crippen LogP contribution < -0.4 is 5.69 Å². The van der Waals surface area contributed by atoms with Gasteiger partial charge in [0.05, 0.1) is 11.0 Å². The maximum atomic E-state index is 12.1. The molecule has 0 aliphatic carbocycles. The van der Waals surface area contributed by atoms with Crippen molar-refractivity contribution in [1.82, 2.24) is 9.13 Å². The van der Waals surface area contributed by atoms with Crippen molar-refractivity contribution in [3.05, 3.63) is 41.3 Å². The number of allylic oxidation sites excluding steroid dienone is 1. The molecule has 0 aliphatic heterocycles. The summed E-state index contributed by atoms with van der Waals surface area (Å²) in [5.74, 6) is 0.421. The molecule has 0 radical (unpaired) electrons. The third kappa shape index (κ3) is 1.57. The molecule has 0 saturated carbocycles. The third-order valence-electron chi connectivity index (χ3n) is 2.53. The van der Waals surface area contributed by atoms with E-state index in [1.54, 1.807) is 9.13 Å². The summed E-state index contributed by atoms with van der Waals surface area (Å²) in [5, 5.41) is 0. The first-order chi connectivity index (χ1) is 7.66. The van der Waals surface area contributed by atoms with Crippen LogP contribution in [0.2, 0.25) is 0 Å². The van der Waals surface area contributed by atoms with Crippen LogP contribution in [0.25, 0.3) is 16.7 Å². The van der Waals surface area contributed by atoms with E-state index in [0.29, 0.717) is 12.4 Å². The lowest BCUT2D eigenvalue weighted by molar-refractivity contribution is 0.741. The minimum absolute atomic E-state index is 0.0747. The van der Waals surface area contributed by atoms with Crippen molar-refractivity contribution in [3.63, 3.8) is 0 Å². The van der Waals surface area contributed by atoms with Crippen LogP contribution in [0.15, 0.2) is 35.6 Å². The molecule has 16 heavy (non-hydrogen) atoms. The van der Waals surface area contributed by atoms with Crippen LogP contribution in [-0.2, 0) is 6.54 Å². The molecule has 0 fully saturated rings. The van der Waals surface area contributed by atoms with Gasteiger partial charge in [0.25, 0.3) is 0 Å². The Labute approximate surface area is 98.6 Å². The number of fused-ring (bicyclic) bond motifs is 1. The predicted octanol–water partition coefficient (Wildman–Crippen LogP) is 2.53. The lowest BCUT2D eigenvalue weighted by Gasteiger charge is -1.99. The normalized spacial score (nSPS) is 10.9. The van der Waals surface area contributed by atoms with E-state index in [0.717, 1.165) is 16.7 Å². The lowest BCUT2D eigenvalue weighted by atomic mass is 10.3. The average molecular weight is 237 g/mol. The largest absolute Gasteiger partial charge is 0.333 e. The zero-order chi connectivity index (χ0) is 11.7. The van der Waals surface area contributed by atoms with Gasteiger partial charge in [0.15, 0.2) is 0 Å². The monoisotopic (exact) mass is 236 g/mol. The second-order valence-corrected chi connectivity index (χ2v) is 4.06. The van der Waals surface area contributed by atoms with Crippen LogP contribution in [0, 0.1) is 0 Å². The van der Waals surface area contributed by atoms with Crippen LogP contribution in [-0.4, -0.2) is 15.0 Å². The Bertz CT molecular complexity index is 595. The first-order valence-corrected chi connectivity index (χ1v) is 5.62. The minimum atomic E-state index is -0.0747. The van der Waals surface area contributed by atoms with E-state index in [-0.39, 0.29) is 5.69 Å². The number of para-hydroxylation sites is 2. The second-order valence-electron chi connectivity index (χ2n) is 3.68. The van der Waals surface area contributed by atoms with Gasteiger partial charge in [0.1, 0.15) is 0 Å². The molecule has 3 nitrogen and oxygen atoms in total. The molecular formula is C12H13ClN2O. The maximum absolute atomic E-state index is 12.1. The van der Waals surface area contributed by atoms with Gasteiger partial charge >= 0.3 is 5.69 Å². The van der Waals surface area contributed by atoms with E-state index in [1.165, 1.54) is 0 Å². The van der Waals surface area contributed by atoms with E-state index < -0.39 is 0 Å². The molecule has 0 N–H and O–H groups in total. The Morgan fingerprint density at radius 2 is 2.00 bits per heavy atom. The molecule has 1 heterocycles. The Morgan fingerprint density at radius 1 is 1.38 bits per heavy atom. The molecule has 0 aliphatic rings. The summed E-state index contributed by atoms with van der Waals surface area (Å²) in [5.41, 5.74) is 2.42. The second kappa shape index (κ2) is 4.18. The number of hydrogen-bond donors (Lipinski definition) is 0. The number of aromatic nitrogens is 2. The molecule has 1 aromatic heterocycles. The average Bonchev–Trinajstić information content (AvgIpc) is 2.53. The van der Waals surface area contributed by atoms with Gasteiger partial charge in [-0.25, -0.2) is 4.79 Å². The molecule has 2 aromatic rings. The number of halogens is 1. The van der Waals surface area contributed by atoms with Crippen LogP contribution in [0.4, 0.5) is 0 Å². The zero-order valence-corrected chi connectivity index (χ0v) is 9.87. The van der Waals surface area contributed by atoms with E-state index in [9.17, 15) is 4.79 Å². The Morgan fingerprint density at radius 3 is 2.56 bits per heavy atom. The minimum Gasteiger partial charge on any atom is -0.290 e. The standard InChI is InChI=1S/C12H13ClN2O/c1-9(2)15-11-6-4-3-5-10(11)14(8-7-13)12(15)16/h3-6H,1,7-8H2,2H3. The van der Waals surface area contributed by atoms with Crippen molar-refractivity contribution >= 4 is 28.3 Å². The van der Waals surface area contributed by atoms with Gasteiger partial charge < -0.3 is 0 Å². The number of aryl methyl sites for hydroxylation is 1. The molecule has 2 rings (SSSR count). The molecule has 4 heteroatoms. The highest BCUT2D eigenvalue weighted by Gasteiger charge is 2.11. The molecule has 1 aromatic carbocycles. The molecule has 0 atom stereocenters. The molecule has 84 valence electrons. The fourth-order valence-electron chi connectivity index (χ4n) is 1.88. The summed E-state index contributed by atoms with van der Waals surface area (Å²) in [4.78, 5) is 12.1. The fourth-order valence-corrected chi connectivity index (χ4v) is 2.05. The summed E-state index contributed by atoms with van der Waals surface area (Å²) in [6.45, 7) is 6.16. The SMILES string of the molecule is C=C(C)n1c(=O)n(CCCl)c2ccccc21. The van der Waals surface area contributed by atoms with Gasteiger partial charge in [-0.05, 0) is 19.1 Å². The summed E-state index contributed by atoms with van der Waals surface area (Å²) in [6, 6.07) is 7.65. The molecule has 0 bridgehead atoms. The van der Waals surface area contributed by atoms with Crippen LogP contribution in [0.3, 0.4) is 0 Å². The predicted molar refractivity (Wildman–Crippen MR) is 67.9 cm³/mol. The van der Waals surface area contributed by atoms with Crippen LogP contribution in [0.1, 0.15) is 6.92 Å². The van der Waals surface area contributed by atoms with E-state index in [2.05, 4.69) is 6.58 Å². The van der Waals surface area contributed by atoms with Crippen molar-refractivity contribution in [2.45, 2.75) is 13.5 Å². The zero-order valence-electron chi connectivity index (χ0n) is 9.11. The highest BCUT2D eigenvalue weighted by molar-refractivity contribution is 6.17. The van der Waals surface area contributed by atoms with Gasteiger partial charge in [0, 0.05) is 18.1 Å². The summed E-state index contributed by atoms with van der Waals surface area (Å²) in [7, 11) is 0. The Hall–Kier alpha value is -1.48. The van der Waals surface area contributed by atoms with Crippen molar-refractivity contribution < 1.29 is 0 Å². The van der Waals surface area contributed by atoms with Crippen LogP contribution in [0.5, 0.6) is 0 Å². The summed E-state index contributed by atoms with van der Waals surface area (Å²) in [6.07, 6.45) is 0. The van der Waals surface area contributed by atoms with Crippen LogP contribution >= 0.6 is 11.6 Å². The van der Waals surface area contributed by atoms with E-state index in [1.807, 2.05) is 31.2 Å². The molecular weight excluding hydrogens is 224 g/mol. The van der Waals surface area contributed by atoms with Crippen molar-refractivity contribution in [2.24, 2.45) is 0 Å². The fraction of sp³-hybridized carbons (Fsp3) is 0.250. The summed E-state index contributed by atoms with van der Waals surface area (Å²) < 4.78 is 3.29. The van der Waals surface area contributed by atoms with Crippen molar-refractivity contribution in [2.75, 3.05) is 5.88 Å². The van der Waals surface area contributed by atoms with Crippen molar-refractivity contribution in [3.8, 4) is 0 Å². The Kier molecular flexibility index (Phi) is 2.88. The summed E-state index contributed by atoms with van der Waals surface area (Å²) >= 11 is 5.71. The third-order valence-corrected chi connectivity index (χ3v) is 2.69. The Balaban J connectivity index is 2.86. The van der Waals surface area contributed by atoms with E-state index >= 15 is 0 Å². The molecule has 0 saturated heterocycles. The number of benzene rings is 1. The van der Waals surface area contributed by atoms with Gasteiger partial charge in [-0.1, -0.05) is 18.7 Å². The van der Waals surface area contributed by atoms with Gasteiger partial charge in [0.2, 0.25) is 0 Å². The molecule has 0 unspecified atom stereocenters. The first-order valence-electron chi connectivity index (χ1n) is 5.09. The number of nitrogens with zero attached hydrogens (tertiary/aromatic N) is 2. The molecule has 0 spiro atoms. The first kappa shape index (κ1) is 11.0. The van der Waals surface area contributed by atoms with Gasteiger partial charge in [-0.2, -0.15) is 0 Å². The van der Waals surface area contributed by atoms with Gasteiger partial charge in [-0.15, -0.1) is 11.6 Å². The highest BCUT2D eigenvalue weighted by atomic mass is 35.5. The quantitative estimate of drug-likeness (QED) is 0.753. The van der Waals surface area contributed by atoms with Gasteiger partial charge in [-0.3, -0.25) is 9.13 Å². The van der Waals surface area contributed by atoms with Crippen molar-refractivity contribution in [1.29, 1.82) is 0 Å². The lowest BCUT2D eigenvalue weighted by Crippen LogP contribution is -2.23. The maximum Gasteiger partial charge on any atom is 0.333 e. The number of rotatable bonds is 3. The smallest absolute Gasteiger partial charge is 0.290 e. The number of alkyl halides is 1. The topological polar surface area (TPSA) is 26.9 Å². The number of imidazole rings is 1. The molecule has 0 amide bonds. The number of hydrogen-bond acceptors (Lipinski definition) is 1. The van der Waals surface area contributed by atoms with E-state index in [4.69, 9.17) is 11.6 Å².